The molecule has 2 N–H and O–H groups in total. The van der Waals surface area contributed by atoms with E-state index in [4.69, 9.17) is 9.47 Å². The zero-order valence-corrected chi connectivity index (χ0v) is 13.6. The van der Waals surface area contributed by atoms with Crippen LogP contribution in [0.25, 0.3) is 0 Å². The number of amides is 2. The molecule has 0 aliphatic rings. The molecule has 0 aliphatic carbocycles. The number of para-hydroxylation sites is 1. The smallest absolute Gasteiger partial charge is 0.329 e. The van der Waals surface area contributed by atoms with Crippen molar-refractivity contribution in [1.82, 2.24) is 5.43 Å². The topological polar surface area (TPSA) is 89.0 Å². The molecular formula is C17H16FN3O4. The van der Waals surface area contributed by atoms with Gasteiger partial charge in [-0.3, -0.25) is 9.59 Å². The maximum Gasteiger partial charge on any atom is 0.329 e. The Balaban J connectivity index is 1.98. The van der Waals surface area contributed by atoms with Crippen LogP contribution in [0.2, 0.25) is 0 Å². The quantitative estimate of drug-likeness (QED) is 0.492. The van der Waals surface area contributed by atoms with Gasteiger partial charge in [-0.2, -0.15) is 5.10 Å². The Morgan fingerprint density at radius 2 is 1.76 bits per heavy atom. The molecule has 0 saturated heterocycles. The fourth-order valence-electron chi connectivity index (χ4n) is 1.95. The number of methoxy groups -OCH3 is 2. The Bertz CT molecular complexity index is 791. The maximum absolute atomic E-state index is 12.8. The Morgan fingerprint density at radius 3 is 2.40 bits per heavy atom. The highest BCUT2D eigenvalue weighted by Gasteiger charge is 2.13. The minimum atomic E-state index is -0.970. The number of carbonyl (C=O) groups is 2. The SMILES string of the molecule is COc1cccc(/C=N\NC(=O)C(=O)Nc2ccc(F)cc2)c1OC. The van der Waals surface area contributed by atoms with E-state index in [1.807, 2.05) is 0 Å². The zero-order chi connectivity index (χ0) is 18.2. The third-order valence-corrected chi connectivity index (χ3v) is 3.11. The first-order chi connectivity index (χ1) is 12.0. The number of nitrogens with zero attached hydrogens (tertiary/aromatic N) is 1. The predicted octanol–water partition coefficient (Wildman–Crippen LogP) is 1.93. The van der Waals surface area contributed by atoms with Crippen LogP contribution >= 0.6 is 0 Å². The lowest BCUT2D eigenvalue weighted by Gasteiger charge is -2.09. The second-order valence-electron chi connectivity index (χ2n) is 4.74. The molecule has 0 fully saturated rings. The fourth-order valence-corrected chi connectivity index (χ4v) is 1.95. The van der Waals surface area contributed by atoms with Gasteiger partial charge >= 0.3 is 11.8 Å². The number of rotatable bonds is 5. The van der Waals surface area contributed by atoms with Crippen LogP contribution in [0.4, 0.5) is 10.1 Å². The lowest BCUT2D eigenvalue weighted by atomic mass is 10.2. The van der Waals surface area contributed by atoms with Crippen LogP contribution in [-0.4, -0.2) is 32.2 Å². The molecule has 0 aromatic heterocycles. The van der Waals surface area contributed by atoms with Gasteiger partial charge in [-0.05, 0) is 36.4 Å². The van der Waals surface area contributed by atoms with Crippen LogP contribution in [-0.2, 0) is 9.59 Å². The van der Waals surface area contributed by atoms with Gasteiger partial charge in [-0.1, -0.05) is 6.07 Å². The molecule has 2 amide bonds. The van der Waals surface area contributed by atoms with Crippen molar-refractivity contribution in [3.8, 4) is 11.5 Å². The van der Waals surface area contributed by atoms with Crippen molar-refractivity contribution in [2.75, 3.05) is 19.5 Å². The van der Waals surface area contributed by atoms with Crippen LogP contribution in [0.5, 0.6) is 11.5 Å². The fraction of sp³-hybridized carbons (Fsp3) is 0.118. The average molecular weight is 345 g/mol. The third-order valence-electron chi connectivity index (χ3n) is 3.11. The Labute approximate surface area is 143 Å². The molecule has 2 aromatic rings. The summed E-state index contributed by atoms with van der Waals surface area (Å²) in [6, 6.07) is 10.2. The van der Waals surface area contributed by atoms with Gasteiger partial charge < -0.3 is 14.8 Å². The van der Waals surface area contributed by atoms with E-state index in [0.29, 0.717) is 22.7 Å². The zero-order valence-electron chi connectivity index (χ0n) is 13.6. The van der Waals surface area contributed by atoms with E-state index in [-0.39, 0.29) is 0 Å². The van der Waals surface area contributed by atoms with Gasteiger partial charge in [0.05, 0.1) is 20.4 Å². The van der Waals surface area contributed by atoms with Gasteiger partial charge in [0.2, 0.25) is 0 Å². The number of hydrazone groups is 1. The summed E-state index contributed by atoms with van der Waals surface area (Å²) in [5.74, 6) is -1.39. The summed E-state index contributed by atoms with van der Waals surface area (Å²) >= 11 is 0. The van der Waals surface area contributed by atoms with Gasteiger partial charge in [0, 0.05) is 11.3 Å². The van der Waals surface area contributed by atoms with Crippen molar-refractivity contribution < 1.29 is 23.5 Å². The first-order valence-electron chi connectivity index (χ1n) is 7.16. The highest BCUT2D eigenvalue weighted by Crippen LogP contribution is 2.29. The van der Waals surface area contributed by atoms with E-state index < -0.39 is 17.6 Å². The summed E-state index contributed by atoms with van der Waals surface area (Å²) in [5.41, 5.74) is 2.95. The van der Waals surface area contributed by atoms with Crippen molar-refractivity contribution in [1.29, 1.82) is 0 Å². The maximum atomic E-state index is 12.8. The Kier molecular flexibility index (Phi) is 6.05. The molecule has 0 aliphatic heterocycles. The molecule has 0 saturated carbocycles. The number of carbonyl (C=O) groups excluding carboxylic acids is 2. The van der Waals surface area contributed by atoms with Crippen molar-refractivity contribution >= 4 is 23.7 Å². The second kappa shape index (κ2) is 8.44. The highest BCUT2D eigenvalue weighted by molar-refractivity contribution is 6.39. The van der Waals surface area contributed by atoms with E-state index in [9.17, 15) is 14.0 Å². The van der Waals surface area contributed by atoms with Gasteiger partial charge in [0.1, 0.15) is 5.82 Å². The number of hydrogen-bond donors (Lipinski definition) is 2. The molecule has 0 unspecified atom stereocenters. The molecule has 0 radical (unpaired) electrons. The van der Waals surface area contributed by atoms with Crippen LogP contribution in [0.1, 0.15) is 5.56 Å². The van der Waals surface area contributed by atoms with Crippen LogP contribution in [0.3, 0.4) is 0 Å². The number of ether oxygens (including phenoxy) is 2. The Morgan fingerprint density at radius 1 is 1.04 bits per heavy atom. The summed E-state index contributed by atoms with van der Waals surface area (Å²) in [6.45, 7) is 0. The van der Waals surface area contributed by atoms with Gasteiger partial charge in [0.25, 0.3) is 0 Å². The molecule has 8 heteroatoms. The molecule has 0 spiro atoms. The molecule has 0 bridgehead atoms. The summed E-state index contributed by atoms with van der Waals surface area (Å²) in [5, 5.41) is 6.04. The van der Waals surface area contributed by atoms with E-state index in [1.54, 1.807) is 18.2 Å². The second-order valence-corrected chi connectivity index (χ2v) is 4.74. The number of halogens is 1. The summed E-state index contributed by atoms with van der Waals surface area (Å²) in [4.78, 5) is 23.4. The van der Waals surface area contributed by atoms with Crippen molar-refractivity contribution in [3.63, 3.8) is 0 Å². The molecule has 25 heavy (non-hydrogen) atoms. The van der Waals surface area contributed by atoms with Crippen molar-refractivity contribution in [2.45, 2.75) is 0 Å². The Hall–Kier alpha value is -3.42. The van der Waals surface area contributed by atoms with Crippen LogP contribution in [0.15, 0.2) is 47.6 Å². The van der Waals surface area contributed by atoms with Gasteiger partial charge in [-0.15, -0.1) is 0 Å². The highest BCUT2D eigenvalue weighted by atomic mass is 19.1. The minimum Gasteiger partial charge on any atom is -0.493 e. The monoisotopic (exact) mass is 345 g/mol. The van der Waals surface area contributed by atoms with Crippen molar-refractivity contribution in [2.24, 2.45) is 5.10 Å². The lowest BCUT2D eigenvalue weighted by molar-refractivity contribution is -0.136. The first-order valence-corrected chi connectivity index (χ1v) is 7.16. The van der Waals surface area contributed by atoms with Gasteiger partial charge in [-0.25, -0.2) is 9.82 Å². The van der Waals surface area contributed by atoms with E-state index in [2.05, 4.69) is 15.8 Å². The molecular weight excluding hydrogens is 329 g/mol. The third kappa shape index (κ3) is 4.77. The number of hydrogen-bond acceptors (Lipinski definition) is 5. The summed E-state index contributed by atoms with van der Waals surface area (Å²) in [6.07, 6.45) is 1.32. The first kappa shape index (κ1) is 17.9. The molecule has 2 rings (SSSR count). The average Bonchev–Trinajstić information content (AvgIpc) is 2.63. The standard InChI is InChI=1S/C17H16FN3O4/c1-24-14-5-3-4-11(15(14)25-2)10-19-21-17(23)16(22)20-13-8-6-12(18)7-9-13/h3-10H,1-2H3,(H,20,22)(H,21,23)/b19-10-. The largest absolute Gasteiger partial charge is 0.493 e. The van der Waals surface area contributed by atoms with Crippen LogP contribution < -0.4 is 20.2 Å². The summed E-state index contributed by atoms with van der Waals surface area (Å²) < 4.78 is 23.2. The number of nitrogens with one attached hydrogen (secondary N) is 2. The number of benzene rings is 2. The van der Waals surface area contributed by atoms with E-state index in [0.717, 1.165) is 0 Å². The van der Waals surface area contributed by atoms with Crippen LogP contribution in [0, 0.1) is 5.82 Å². The molecule has 2 aromatic carbocycles. The molecule has 0 heterocycles. The predicted molar refractivity (Wildman–Crippen MR) is 90.3 cm³/mol. The summed E-state index contributed by atoms with van der Waals surface area (Å²) in [7, 11) is 2.98. The van der Waals surface area contributed by atoms with E-state index in [1.165, 1.54) is 44.7 Å². The molecule has 7 nitrogen and oxygen atoms in total. The van der Waals surface area contributed by atoms with Gasteiger partial charge in [0.15, 0.2) is 11.5 Å². The normalized spacial score (nSPS) is 10.4. The lowest BCUT2D eigenvalue weighted by Crippen LogP contribution is -2.32. The van der Waals surface area contributed by atoms with E-state index >= 15 is 0 Å². The number of anilines is 1. The molecule has 130 valence electrons. The van der Waals surface area contributed by atoms with Crippen molar-refractivity contribution in [3.05, 3.63) is 53.8 Å². The molecule has 0 atom stereocenters. The minimum absolute atomic E-state index is 0.292.